The number of aromatic nitrogens is 2. The van der Waals surface area contributed by atoms with Crippen LogP contribution in [0.15, 0.2) is 53.6 Å². The van der Waals surface area contributed by atoms with E-state index < -0.39 is 5.12 Å². The van der Waals surface area contributed by atoms with Crippen LogP contribution in [0.25, 0.3) is 11.6 Å². The molecule has 0 spiro atoms. The van der Waals surface area contributed by atoms with Gasteiger partial charge in [0.1, 0.15) is 12.4 Å². The Hall–Kier alpha value is -2.62. The monoisotopic (exact) mass is 511 g/mol. The number of benzene rings is 1. The lowest BCUT2D eigenvalue weighted by Crippen LogP contribution is -2.44. The van der Waals surface area contributed by atoms with Crippen molar-refractivity contribution in [2.45, 2.75) is 43.6 Å². The lowest BCUT2D eigenvalue weighted by molar-refractivity contribution is -0.0967. The van der Waals surface area contributed by atoms with Crippen molar-refractivity contribution in [3.05, 3.63) is 92.1 Å². The summed E-state index contributed by atoms with van der Waals surface area (Å²) in [7, 11) is 0. The van der Waals surface area contributed by atoms with E-state index in [2.05, 4.69) is 27.4 Å². The van der Waals surface area contributed by atoms with Gasteiger partial charge in [-0.2, -0.15) is 0 Å². The topological polar surface area (TPSA) is 107 Å². The Labute approximate surface area is 212 Å². The van der Waals surface area contributed by atoms with E-state index >= 15 is 0 Å². The molecule has 7 nitrogen and oxygen atoms in total. The number of thioether (sulfide) groups is 1. The SMILES string of the molecule is O=c1[nH]ccc(OCc2ccc(Cl)cn2)c1C1=Cc2ccc(CNC3CCSC3(O)O)cc2CC1. The lowest BCUT2D eigenvalue weighted by atomic mass is 9.88. The number of aliphatic hydroxyl groups is 2. The van der Waals surface area contributed by atoms with Gasteiger partial charge in [0.05, 0.1) is 22.3 Å². The average Bonchev–Trinajstić information content (AvgIpc) is 3.19. The highest BCUT2D eigenvalue weighted by Crippen LogP contribution is 2.35. The molecule has 1 aromatic carbocycles. The van der Waals surface area contributed by atoms with E-state index in [0.717, 1.165) is 52.8 Å². The summed E-state index contributed by atoms with van der Waals surface area (Å²) < 4.78 is 5.98. The molecular weight excluding hydrogens is 486 g/mol. The third-order valence-electron chi connectivity index (χ3n) is 6.34. The van der Waals surface area contributed by atoms with Crippen LogP contribution in [-0.4, -0.2) is 37.1 Å². The zero-order chi connectivity index (χ0) is 24.4. The number of halogens is 1. The minimum atomic E-state index is -1.71. The van der Waals surface area contributed by atoms with E-state index in [4.69, 9.17) is 16.3 Å². The number of aryl methyl sites for hydroxylation is 1. The van der Waals surface area contributed by atoms with Crippen LogP contribution in [0.3, 0.4) is 0 Å². The number of allylic oxidation sites excluding steroid dienone is 1. The molecule has 1 fully saturated rings. The van der Waals surface area contributed by atoms with Crippen molar-refractivity contribution < 1.29 is 14.9 Å². The molecule has 1 saturated heterocycles. The first-order valence-corrected chi connectivity index (χ1v) is 12.9. The van der Waals surface area contributed by atoms with E-state index in [-0.39, 0.29) is 18.2 Å². The van der Waals surface area contributed by atoms with Gasteiger partial charge in [0, 0.05) is 24.7 Å². The first-order chi connectivity index (χ1) is 16.9. The van der Waals surface area contributed by atoms with Crippen LogP contribution in [0.4, 0.5) is 0 Å². The van der Waals surface area contributed by atoms with Crippen LogP contribution in [-0.2, 0) is 19.6 Å². The summed E-state index contributed by atoms with van der Waals surface area (Å²) in [6.07, 6.45) is 7.43. The van der Waals surface area contributed by atoms with Gasteiger partial charge in [-0.1, -0.05) is 47.6 Å². The number of hydrogen-bond acceptors (Lipinski definition) is 7. The van der Waals surface area contributed by atoms with Crippen LogP contribution < -0.4 is 15.6 Å². The molecule has 1 aliphatic carbocycles. The molecule has 3 heterocycles. The molecule has 3 aromatic rings. The van der Waals surface area contributed by atoms with Crippen LogP contribution in [0.1, 0.15) is 40.8 Å². The average molecular weight is 512 g/mol. The fraction of sp³-hybridized carbons (Fsp3) is 0.308. The standard InChI is InChI=1S/C26H26ClN3O4S/c27-20-5-6-21(29-14-20)15-34-22-7-9-28-25(31)24(22)19-4-3-17-11-16(1-2-18(17)12-19)13-30-23-8-10-35-26(23,32)33/h1-2,5-7,9,11-12,14,23,30,32-33H,3-4,8,10,13,15H2,(H,28,31). The smallest absolute Gasteiger partial charge is 0.259 e. The number of pyridine rings is 2. The van der Waals surface area contributed by atoms with Crippen LogP contribution >= 0.6 is 23.4 Å². The normalized spacial score (nSPS) is 18.7. The van der Waals surface area contributed by atoms with Gasteiger partial charge in [-0.05, 0) is 59.7 Å². The van der Waals surface area contributed by atoms with Crippen LogP contribution in [0, 0.1) is 0 Å². The number of hydrogen-bond donors (Lipinski definition) is 4. The molecule has 5 rings (SSSR count). The molecule has 9 heteroatoms. The number of fused-ring (bicyclic) bond motifs is 1. The predicted molar refractivity (Wildman–Crippen MR) is 138 cm³/mol. The van der Waals surface area contributed by atoms with Crippen molar-refractivity contribution in [3.63, 3.8) is 0 Å². The van der Waals surface area contributed by atoms with E-state index in [1.165, 1.54) is 5.56 Å². The highest BCUT2D eigenvalue weighted by atomic mass is 35.5. The molecule has 4 N–H and O–H groups in total. The van der Waals surface area contributed by atoms with Crippen molar-refractivity contribution in [1.29, 1.82) is 0 Å². The van der Waals surface area contributed by atoms with Crippen molar-refractivity contribution >= 4 is 35.0 Å². The fourth-order valence-electron chi connectivity index (χ4n) is 4.47. The number of H-pyrrole nitrogens is 1. The summed E-state index contributed by atoms with van der Waals surface area (Å²) in [6.45, 7) is 0.795. The second-order valence-corrected chi connectivity index (χ2v) is 10.5. The van der Waals surface area contributed by atoms with Crippen LogP contribution in [0.2, 0.25) is 5.02 Å². The van der Waals surface area contributed by atoms with E-state index in [9.17, 15) is 15.0 Å². The van der Waals surface area contributed by atoms with E-state index in [1.807, 2.05) is 12.1 Å². The Morgan fingerprint density at radius 2 is 2.11 bits per heavy atom. The molecule has 1 atom stereocenters. The highest BCUT2D eigenvalue weighted by molar-refractivity contribution is 8.00. The first-order valence-electron chi connectivity index (χ1n) is 11.5. The van der Waals surface area contributed by atoms with E-state index in [0.29, 0.717) is 29.3 Å². The molecule has 0 amide bonds. The Bertz CT molecular complexity index is 1310. The summed E-state index contributed by atoms with van der Waals surface area (Å²) in [6, 6.07) is 11.2. The van der Waals surface area contributed by atoms with E-state index in [1.54, 1.807) is 30.6 Å². The second-order valence-electron chi connectivity index (χ2n) is 8.73. The molecule has 1 aliphatic heterocycles. The maximum Gasteiger partial charge on any atom is 0.259 e. The molecule has 0 radical (unpaired) electrons. The molecule has 35 heavy (non-hydrogen) atoms. The Kier molecular flexibility index (Phi) is 7.00. The molecule has 0 saturated carbocycles. The van der Waals surface area contributed by atoms with Gasteiger partial charge in [-0.25, -0.2) is 0 Å². The van der Waals surface area contributed by atoms with Gasteiger partial charge in [-0.15, -0.1) is 0 Å². The molecule has 0 bridgehead atoms. The molecular formula is C26H26ClN3O4S. The quantitative estimate of drug-likeness (QED) is 0.358. The van der Waals surface area contributed by atoms with Gasteiger partial charge >= 0.3 is 0 Å². The summed E-state index contributed by atoms with van der Waals surface area (Å²) in [5, 5.41) is 22.2. The second kappa shape index (κ2) is 10.2. The Balaban J connectivity index is 1.33. The van der Waals surface area contributed by atoms with Crippen molar-refractivity contribution in [2.24, 2.45) is 0 Å². The molecule has 2 aromatic heterocycles. The summed E-state index contributed by atoms with van der Waals surface area (Å²) >= 11 is 7.07. The number of nitrogens with one attached hydrogen (secondary N) is 2. The zero-order valence-corrected chi connectivity index (χ0v) is 20.5. The van der Waals surface area contributed by atoms with Gasteiger partial charge in [0.25, 0.3) is 5.56 Å². The third-order valence-corrected chi connectivity index (χ3v) is 7.71. The van der Waals surface area contributed by atoms with Gasteiger partial charge in [-0.3, -0.25) is 9.78 Å². The van der Waals surface area contributed by atoms with Crippen LogP contribution in [0.5, 0.6) is 5.75 Å². The summed E-state index contributed by atoms with van der Waals surface area (Å²) in [5.74, 6) is 1.25. The van der Waals surface area contributed by atoms with Crippen molar-refractivity contribution in [3.8, 4) is 5.75 Å². The van der Waals surface area contributed by atoms with Crippen molar-refractivity contribution in [2.75, 3.05) is 5.75 Å². The third kappa shape index (κ3) is 5.47. The first kappa shape index (κ1) is 24.1. The maximum atomic E-state index is 12.8. The number of nitrogens with zero attached hydrogens (tertiary/aromatic N) is 1. The highest BCUT2D eigenvalue weighted by Gasteiger charge is 2.39. The predicted octanol–water partition coefficient (Wildman–Crippen LogP) is 3.72. The number of aromatic amines is 1. The van der Waals surface area contributed by atoms with Gasteiger partial charge in [0.15, 0.2) is 0 Å². The number of rotatable bonds is 7. The minimum Gasteiger partial charge on any atom is -0.486 e. The molecule has 1 unspecified atom stereocenters. The largest absolute Gasteiger partial charge is 0.486 e. The molecule has 182 valence electrons. The lowest BCUT2D eigenvalue weighted by Gasteiger charge is -2.24. The van der Waals surface area contributed by atoms with Gasteiger partial charge < -0.3 is 25.3 Å². The van der Waals surface area contributed by atoms with Crippen molar-refractivity contribution in [1.82, 2.24) is 15.3 Å². The zero-order valence-electron chi connectivity index (χ0n) is 19.0. The Morgan fingerprint density at radius 1 is 1.23 bits per heavy atom. The maximum absolute atomic E-state index is 12.8. The molecule has 2 aliphatic rings. The minimum absolute atomic E-state index is 0.187. The number of ether oxygens (including phenoxy) is 1. The summed E-state index contributed by atoms with van der Waals surface area (Å²) in [4.78, 5) is 19.8. The summed E-state index contributed by atoms with van der Waals surface area (Å²) in [5.41, 5.74) is 5.36. The fourth-order valence-corrected chi connectivity index (χ4v) is 5.64. The Morgan fingerprint density at radius 3 is 2.89 bits per heavy atom. The van der Waals surface area contributed by atoms with Gasteiger partial charge in [0.2, 0.25) is 5.12 Å².